The number of nitrogens with zero attached hydrogens (tertiary/aromatic N) is 1. The molecule has 1 rings (SSSR count). The Morgan fingerprint density at radius 3 is 2.21 bits per heavy atom. The van der Waals surface area contributed by atoms with Crippen molar-refractivity contribution in [3.63, 3.8) is 0 Å². The zero-order chi connectivity index (χ0) is 14.5. The van der Waals surface area contributed by atoms with Crippen LogP contribution in [0.5, 0.6) is 0 Å². The number of nitrogens with two attached hydrogens (primary N) is 1. The Hall–Kier alpha value is -1.42. The first kappa shape index (κ1) is 15.6. The highest BCUT2D eigenvalue weighted by molar-refractivity contribution is 7.89. The fourth-order valence-electron chi connectivity index (χ4n) is 1.53. The van der Waals surface area contributed by atoms with Gasteiger partial charge < -0.3 is 5.73 Å². The van der Waals surface area contributed by atoms with E-state index in [-0.39, 0.29) is 11.4 Å². The normalized spacial score (nSPS) is 12.1. The molecule has 19 heavy (non-hydrogen) atoms. The second kappa shape index (κ2) is 6.15. The van der Waals surface area contributed by atoms with Crippen molar-refractivity contribution in [2.24, 2.45) is 5.73 Å². The Morgan fingerprint density at radius 2 is 1.79 bits per heavy atom. The molecule has 0 spiro atoms. The van der Waals surface area contributed by atoms with Gasteiger partial charge in [0.1, 0.15) is 0 Å². The van der Waals surface area contributed by atoms with Gasteiger partial charge in [-0.3, -0.25) is 0 Å². The minimum absolute atomic E-state index is 0.140. The molecule has 1 aromatic rings. The van der Waals surface area contributed by atoms with E-state index in [2.05, 4.69) is 4.72 Å². The summed E-state index contributed by atoms with van der Waals surface area (Å²) in [7, 11) is -3.58. The van der Waals surface area contributed by atoms with Gasteiger partial charge in [0.15, 0.2) is 0 Å². The van der Waals surface area contributed by atoms with Gasteiger partial charge in [-0.15, -0.1) is 0 Å². The molecule has 0 bridgehead atoms. The Labute approximate surface area is 114 Å². The molecule has 104 valence electrons. The van der Waals surface area contributed by atoms with Gasteiger partial charge in [0.05, 0.1) is 16.5 Å². The number of benzene rings is 1. The van der Waals surface area contributed by atoms with Gasteiger partial charge in [-0.1, -0.05) is 13.8 Å². The van der Waals surface area contributed by atoms with Crippen LogP contribution in [0.4, 0.5) is 0 Å². The third-order valence-corrected chi connectivity index (χ3v) is 4.73. The van der Waals surface area contributed by atoms with Crippen LogP contribution >= 0.6 is 0 Å². The Bertz CT molecular complexity index is 555. The summed E-state index contributed by atoms with van der Waals surface area (Å²) in [4.78, 5) is 0.140. The van der Waals surface area contributed by atoms with Gasteiger partial charge in [-0.25, -0.2) is 13.1 Å². The zero-order valence-corrected chi connectivity index (χ0v) is 12.0. The number of hydrogen-bond acceptors (Lipinski definition) is 4. The van der Waals surface area contributed by atoms with E-state index in [9.17, 15) is 8.42 Å². The monoisotopic (exact) mass is 281 g/mol. The molecule has 0 heterocycles. The summed E-state index contributed by atoms with van der Waals surface area (Å²) in [6.45, 7) is 4.06. The summed E-state index contributed by atoms with van der Waals surface area (Å²) in [5.41, 5.74) is 5.95. The summed E-state index contributed by atoms with van der Waals surface area (Å²) in [5.74, 6) is 0. The Balaban J connectivity index is 2.84. The van der Waals surface area contributed by atoms with Gasteiger partial charge in [0.2, 0.25) is 10.0 Å². The van der Waals surface area contributed by atoms with Crippen LogP contribution in [-0.4, -0.2) is 20.5 Å². The number of nitriles is 1. The highest BCUT2D eigenvalue weighted by Gasteiger charge is 2.23. The second-order valence-corrected chi connectivity index (χ2v) is 6.30. The summed E-state index contributed by atoms with van der Waals surface area (Å²) in [6.07, 6.45) is 1.39. The Kier molecular flexibility index (Phi) is 5.06. The molecule has 1 aromatic carbocycles. The molecule has 0 unspecified atom stereocenters. The lowest BCUT2D eigenvalue weighted by Crippen LogP contribution is -2.49. The minimum Gasteiger partial charge on any atom is -0.324 e. The highest BCUT2D eigenvalue weighted by atomic mass is 32.2. The average molecular weight is 281 g/mol. The largest absolute Gasteiger partial charge is 0.324 e. The SMILES string of the molecule is CCC(N)(CC)CNS(=O)(=O)c1ccc(C#N)cc1. The Morgan fingerprint density at radius 1 is 1.26 bits per heavy atom. The van der Waals surface area contributed by atoms with Crippen molar-refractivity contribution in [3.8, 4) is 6.07 Å². The number of rotatable bonds is 6. The van der Waals surface area contributed by atoms with Gasteiger partial charge in [-0.2, -0.15) is 5.26 Å². The molecule has 5 nitrogen and oxygen atoms in total. The average Bonchev–Trinajstić information content (AvgIpc) is 2.45. The maximum absolute atomic E-state index is 12.1. The first-order valence-electron chi connectivity index (χ1n) is 6.15. The molecule has 0 aliphatic carbocycles. The quantitative estimate of drug-likeness (QED) is 0.822. The van der Waals surface area contributed by atoms with E-state index in [1.807, 2.05) is 19.9 Å². The van der Waals surface area contributed by atoms with Crippen molar-refractivity contribution in [2.45, 2.75) is 37.1 Å². The molecule has 0 aromatic heterocycles. The molecule has 0 amide bonds. The van der Waals surface area contributed by atoms with Crippen LogP contribution in [0.15, 0.2) is 29.2 Å². The van der Waals surface area contributed by atoms with Crippen molar-refractivity contribution in [1.29, 1.82) is 5.26 Å². The molecule has 0 saturated heterocycles. The molecule has 0 aliphatic heterocycles. The summed E-state index contributed by atoms with van der Waals surface area (Å²) in [5, 5.41) is 8.67. The molecule has 3 N–H and O–H groups in total. The molecule has 0 atom stereocenters. The van der Waals surface area contributed by atoms with E-state index in [0.717, 1.165) is 0 Å². The van der Waals surface area contributed by atoms with Crippen molar-refractivity contribution in [2.75, 3.05) is 6.54 Å². The third kappa shape index (κ3) is 4.03. The molecule has 6 heteroatoms. The summed E-state index contributed by atoms with van der Waals surface area (Å²) < 4.78 is 26.6. The molecule has 0 fully saturated rings. The predicted molar refractivity (Wildman–Crippen MR) is 73.8 cm³/mol. The highest BCUT2D eigenvalue weighted by Crippen LogP contribution is 2.13. The smallest absolute Gasteiger partial charge is 0.240 e. The fraction of sp³-hybridized carbons (Fsp3) is 0.462. The topological polar surface area (TPSA) is 96.0 Å². The van der Waals surface area contributed by atoms with Gasteiger partial charge in [-0.05, 0) is 37.1 Å². The lowest BCUT2D eigenvalue weighted by atomic mass is 9.95. The van der Waals surface area contributed by atoms with Gasteiger partial charge in [0, 0.05) is 12.1 Å². The van der Waals surface area contributed by atoms with Crippen LogP contribution in [0, 0.1) is 11.3 Å². The molecule has 0 saturated carbocycles. The number of sulfonamides is 1. The van der Waals surface area contributed by atoms with Crippen LogP contribution in [-0.2, 0) is 10.0 Å². The zero-order valence-electron chi connectivity index (χ0n) is 11.2. The van der Waals surface area contributed by atoms with E-state index in [4.69, 9.17) is 11.0 Å². The van der Waals surface area contributed by atoms with Crippen molar-refractivity contribution in [1.82, 2.24) is 4.72 Å². The lowest BCUT2D eigenvalue weighted by Gasteiger charge is -2.26. The van der Waals surface area contributed by atoms with Crippen LogP contribution in [0.2, 0.25) is 0 Å². The molecular formula is C13H19N3O2S. The van der Waals surface area contributed by atoms with E-state index in [1.165, 1.54) is 24.3 Å². The van der Waals surface area contributed by atoms with Crippen molar-refractivity contribution < 1.29 is 8.42 Å². The maximum Gasteiger partial charge on any atom is 0.240 e. The predicted octanol–water partition coefficient (Wildman–Crippen LogP) is 1.35. The van der Waals surface area contributed by atoms with Crippen molar-refractivity contribution in [3.05, 3.63) is 29.8 Å². The van der Waals surface area contributed by atoms with Gasteiger partial charge >= 0.3 is 0 Å². The van der Waals surface area contributed by atoms with Crippen LogP contribution < -0.4 is 10.5 Å². The second-order valence-electron chi connectivity index (χ2n) is 4.53. The number of hydrogen-bond donors (Lipinski definition) is 2. The molecule has 0 aliphatic rings. The summed E-state index contributed by atoms with van der Waals surface area (Å²) >= 11 is 0. The summed E-state index contributed by atoms with van der Waals surface area (Å²) in [6, 6.07) is 7.72. The number of nitrogens with one attached hydrogen (secondary N) is 1. The van der Waals surface area contributed by atoms with Crippen LogP contribution in [0.25, 0.3) is 0 Å². The van der Waals surface area contributed by atoms with Crippen molar-refractivity contribution >= 4 is 10.0 Å². The van der Waals surface area contributed by atoms with Crippen LogP contribution in [0.3, 0.4) is 0 Å². The third-order valence-electron chi connectivity index (χ3n) is 3.32. The molecule has 0 radical (unpaired) electrons. The van der Waals surface area contributed by atoms with Crippen LogP contribution in [0.1, 0.15) is 32.3 Å². The van der Waals surface area contributed by atoms with Gasteiger partial charge in [0.25, 0.3) is 0 Å². The standard InChI is InChI=1S/C13H19N3O2S/c1-3-13(15,4-2)10-16-19(17,18)12-7-5-11(9-14)6-8-12/h5-8,16H,3-4,10,15H2,1-2H3. The first-order valence-corrected chi connectivity index (χ1v) is 7.64. The van der Waals surface area contributed by atoms with E-state index in [1.54, 1.807) is 0 Å². The van der Waals surface area contributed by atoms with E-state index >= 15 is 0 Å². The first-order chi connectivity index (χ1) is 8.87. The minimum atomic E-state index is -3.58. The van der Waals surface area contributed by atoms with E-state index in [0.29, 0.717) is 18.4 Å². The lowest BCUT2D eigenvalue weighted by molar-refractivity contribution is 0.392. The molecular weight excluding hydrogens is 262 g/mol. The maximum atomic E-state index is 12.1. The fourth-order valence-corrected chi connectivity index (χ4v) is 2.67. The van der Waals surface area contributed by atoms with E-state index < -0.39 is 15.6 Å².